The van der Waals surface area contributed by atoms with E-state index in [0.717, 1.165) is 54.6 Å². The number of anilines is 1. The van der Waals surface area contributed by atoms with E-state index in [1.165, 1.54) is 0 Å². The Morgan fingerprint density at radius 3 is 2.50 bits per heavy atom. The van der Waals surface area contributed by atoms with Crippen LogP contribution in [-0.2, 0) is 4.74 Å². The second-order valence-electron chi connectivity index (χ2n) is 8.05. The second kappa shape index (κ2) is 10.1. The summed E-state index contributed by atoms with van der Waals surface area (Å²) in [4.78, 5) is 17.7. The molecule has 0 aliphatic carbocycles. The highest BCUT2D eigenvalue weighted by molar-refractivity contribution is 5.99. The highest BCUT2D eigenvalue weighted by atomic mass is 16.5. The van der Waals surface area contributed by atoms with Crippen LogP contribution in [0.15, 0.2) is 30.3 Å². The van der Waals surface area contributed by atoms with Crippen molar-refractivity contribution in [3.05, 3.63) is 47.3 Å². The van der Waals surface area contributed by atoms with Crippen LogP contribution in [0.2, 0.25) is 0 Å². The molecule has 1 aromatic carbocycles. The zero-order valence-corrected chi connectivity index (χ0v) is 19.0. The second-order valence-corrected chi connectivity index (χ2v) is 8.05. The van der Waals surface area contributed by atoms with Crippen LogP contribution in [0.5, 0.6) is 5.75 Å². The maximum atomic E-state index is 13.1. The topological polar surface area (TPSA) is 46.9 Å². The molecule has 0 radical (unpaired) electrons. The van der Waals surface area contributed by atoms with E-state index in [-0.39, 0.29) is 11.8 Å². The predicted molar refractivity (Wildman–Crippen MR) is 121 cm³/mol. The Morgan fingerprint density at radius 1 is 1.13 bits per heavy atom. The Labute approximate surface area is 180 Å². The van der Waals surface area contributed by atoms with Gasteiger partial charge in [0.15, 0.2) is 5.78 Å². The summed E-state index contributed by atoms with van der Waals surface area (Å²) in [6.45, 7) is 13.5. The quantitative estimate of drug-likeness (QED) is 0.587. The van der Waals surface area contributed by atoms with Gasteiger partial charge in [0.05, 0.1) is 31.5 Å². The lowest BCUT2D eigenvalue weighted by molar-refractivity contribution is 0.0925. The molecule has 0 saturated carbocycles. The standard InChI is InChI=1S/C24H35N3O3/c1-6-30-24-10-8-7-9-22(24)26-13-11-25(12-14-26)16-23(28)21-15-18(2)27(20(21)4)19(3)17-29-5/h7-10,15,19H,6,11-14,16-17H2,1-5H3/t19-/m0/s1. The minimum absolute atomic E-state index is 0.196. The number of aryl methyl sites for hydroxylation is 1. The number of methoxy groups -OCH3 is 1. The lowest BCUT2D eigenvalue weighted by Crippen LogP contribution is -2.48. The summed E-state index contributed by atoms with van der Waals surface area (Å²) in [5.74, 6) is 1.13. The third-order valence-corrected chi connectivity index (χ3v) is 5.88. The van der Waals surface area contributed by atoms with Crippen molar-refractivity contribution >= 4 is 11.5 Å². The van der Waals surface area contributed by atoms with Crippen LogP contribution in [0.1, 0.15) is 41.6 Å². The number of nitrogens with zero attached hydrogens (tertiary/aromatic N) is 3. The molecule has 2 aromatic rings. The summed E-state index contributed by atoms with van der Waals surface area (Å²) in [6.07, 6.45) is 0. The summed E-state index contributed by atoms with van der Waals surface area (Å²) >= 11 is 0. The Hall–Kier alpha value is -2.31. The minimum atomic E-state index is 0.196. The highest BCUT2D eigenvalue weighted by Crippen LogP contribution is 2.29. The van der Waals surface area contributed by atoms with E-state index >= 15 is 0 Å². The van der Waals surface area contributed by atoms with E-state index in [2.05, 4.69) is 34.3 Å². The molecular weight excluding hydrogens is 378 g/mol. The molecule has 1 saturated heterocycles. The number of carbonyl (C=O) groups is 1. The van der Waals surface area contributed by atoms with E-state index in [0.29, 0.717) is 19.8 Å². The number of carbonyl (C=O) groups excluding carboxylic acids is 1. The number of aromatic nitrogens is 1. The number of ether oxygens (including phenoxy) is 2. The van der Waals surface area contributed by atoms with E-state index in [1.807, 2.05) is 38.1 Å². The smallest absolute Gasteiger partial charge is 0.178 e. The number of piperazine rings is 1. The largest absolute Gasteiger partial charge is 0.492 e. The van der Waals surface area contributed by atoms with E-state index in [9.17, 15) is 4.79 Å². The predicted octanol–water partition coefficient (Wildman–Crippen LogP) is 3.72. The number of hydrogen-bond donors (Lipinski definition) is 0. The van der Waals surface area contributed by atoms with Gasteiger partial charge >= 0.3 is 0 Å². The van der Waals surface area contributed by atoms with Crippen LogP contribution < -0.4 is 9.64 Å². The van der Waals surface area contributed by atoms with Gasteiger partial charge in [0.25, 0.3) is 0 Å². The lowest BCUT2D eigenvalue weighted by atomic mass is 10.1. The van der Waals surface area contributed by atoms with Crippen molar-refractivity contribution < 1.29 is 14.3 Å². The molecule has 3 rings (SSSR count). The maximum Gasteiger partial charge on any atom is 0.178 e. The van der Waals surface area contributed by atoms with Crippen LogP contribution in [0.3, 0.4) is 0 Å². The van der Waals surface area contributed by atoms with Gasteiger partial charge in [-0.25, -0.2) is 0 Å². The third-order valence-electron chi connectivity index (χ3n) is 5.88. The molecule has 1 aromatic heterocycles. The van der Waals surface area contributed by atoms with Crippen LogP contribution in [0.25, 0.3) is 0 Å². The summed E-state index contributed by atoms with van der Waals surface area (Å²) in [6, 6.07) is 10.4. The Bertz CT molecular complexity index is 853. The molecule has 0 unspecified atom stereocenters. The molecule has 6 nitrogen and oxygen atoms in total. The molecule has 1 aliphatic heterocycles. The minimum Gasteiger partial charge on any atom is -0.492 e. The van der Waals surface area contributed by atoms with Crippen LogP contribution in [-0.4, -0.2) is 68.3 Å². The molecule has 0 spiro atoms. The first-order chi connectivity index (χ1) is 14.5. The molecule has 0 bridgehead atoms. The average Bonchev–Trinajstić information content (AvgIpc) is 3.04. The molecule has 1 aliphatic rings. The third kappa shape index (κ3) is 4.87. The van der Waals surface area contributed by atoms with Crippen molar-refractivity contribution in [1.29, 1.82) is 0 Å². The van der Waals surface area contributed by atoms with Crippen LogP contribution >= 0.6 is 0 Å². The molecule has 30 heavy (non-hydrogen) atoms. The maximum absolute atomic E-state index is 13.1. The number of para-hydroxylation sites is 2. The SMILES string of the molecule is CCOc1ccccc1N1CCN(CC(=O)c2cc(C)n([C@@H](C)COC)c2C)CC1. The molecule has 0 amide bonds. The number of rotatable bonds is 9. The molecule has 6 heteroatoms. The lowest BCUT2D eigenvalue weighted by Gasteiger charge is -2.36. The van der Waals surface area contributed by atoms with Crippen molar-refractivity contribution in [2.75, 3.05) is 57.9 Å². The molecule has 2 heterocycles. The number of hydrogen-bond acceptors (Lipinski definition) is 5. The van der Waals surface area contributed by atoms with Crippen molar-refractivity contribution in [1.82, 2.24) is 9.47 Å². The van der Waals surface area contributed by atoms with Gasteiger partial charge in [0, 0.05) is 50.2 Å². The number of benzene rings is 1. The number of ketones is 1. The van der Waals surface area contributed by atoms with E-state index < -0.39 is 0 Å². The Morgan fingerprint density at radius 2 is 1.83 bits per heavy atom. The van der Waals surface area contributed by atoms with Crippen LogP contribution in [0, 0.1) is 13.8 Å². The Kier molecular flexibility index (Phi) is 7.56. The van der Waals surface area contributed by atoms with Gasteiger partial charge in [-0.15, -0.1) is 0 Å². The number of Topliss-reactive ketones (excluding diaryl/α,β-unsaturated/α-hetero) is 1. The summed E-state index contributed by atoms with van der Waals surface area (Å²) in [5, 5.41) is 0. The van der Waals surface area contributed by atoms with Crippen molar-refractivity contribution in [2.45, 2.75) is 33.7 Å². The summed E-state index contributed by atoms with van der Waals surface area (Å²) in [7, 11) is 1.71. The first-order valence-corrected chi connectivity index (χ1v) is 10.9. The molecule has 1 fully saturated rings. The fourth-order valence-electron chi connectivity index (χ4n) is 4.48. The normalized spacial score (nSPS) is 16.0. The van der Waals surface area contributed by atoms with Gasteiger partial charge < -0.3 is 18.9 Å². The first-order valence-electron chi connectivity index (χ1n) is 10.9. The van der Waals surface area contributed by atoms with Gasteiger partial charge in [-0.05, 0) is 45.9 Å². The van der Waals surface area contributed by atoms with E-state index in [1.54, 1.807) is 7.11 Å². The molecular formula is C24H35N3O3. The van der Waals surface area contributed by atoms with Gasteiger partial charge in [0.1, 0.15) is 5.75 Å². The molecule has 164 valence electrons. The van der Waals surface area contributed by atoms with Gasteiger partial charge in [-0.1, -0.05) is 12.1 Å². The van der Waals surface area contributed by atoms with Gasteiger partial charge in [-0.2, -0.15) is 0 Å². The Balaban J connectivity index is 1.62. The zero-order valence-electron chi connectivity index (χ0n) is 19.0. The van der Waals surface area contributed by atoms with Gasteiger partial charge in [-0.3, -0.25) is 9.69 Å². The molecule has 1 atom stereocenters. The fourth-order valence-corrected chi connectivity index (χ4v) is 4.48. The van der Waals surface area contributed by atoms with Gasteiger partial charge in [0.2, 0.25) is 0 Å². The monoisotopic (exact) mass is 413 g/mol. The zero-order chi connectivity index (χ0) is 21.7. The van der Waals surface area contributed by atoms with E-state index in [4.69, 9.17) is 9.47 Å². The molecule has 0 N–H and O–H groups in total. The highest BCUT2D eigenvalue weighted by Gasteiger charge is 2.24. The average molecular weight is 414 g/mol. The van der Waals surface area contributed by atoms with Crippen molar-refractivity contribution in [3.63, 3.8) is 0 Å². The summed E-state index contributed by atoms with van der Waals surface area (Å²) in [5.41, 5.74) is 4.12. The van der Waals surface area contributed by atoms with Crippen molar-refractivity contribution in [3.8, 4) is 5.75 Å². The van der Waals surface area contributed by atoms with Crippen molar-refractivity contribution in [2.24, 2.45) is 0 Å². The summed E-state index contributed by atoms with van der Waals surface area (Å²) < 4.78 is 13.3. The fraction of sp³-hybridized carbons (Fsp3) is 0.542. The first kappa shape index (κ1) is 22.4. The van der Waals surface area contributed by atoms with Crippen LogP contribution in [0.4, 0.5) is 5.69 Å².